The first-order valence-corrected chi connectivity index (χ1v) is 9.36. The zero-order valence-corrected chi connectivity index (χ0v) is 16.6. The second-order valence-corrected chi connectivity index (χ2v) is 7.39. The number of hydrogen-bond donors (Lipinski definition) is 1. The van der Waals surface area contributed by atoms with Gasteiger partial charge in [0.15, 0.2) is 11.2 Å². The van der Waals surface area contributed by atoms with E-state index in [1.807, 2.05) is 0 Å². The van der Waals surface area contributed by atoms with E-state index in [9.17, 15) is 9.59 Å². The van der Waals surface area contributed by atoms with Gasteiger partial charge in [0.2, 0.25) is 0 Å². The van der Waals surface area contributed by atoms with E-state index in [1.54, 1.807) is 37.3 Å². The van der Waals surface area contributed by atoms with Crippen LogP contribution in [0, 0.1) is 0 Å². The van der Waals surface area contributed by atoms with Crippen molar-refractivity contribution < 1.29 is 19.1 Å². The molecule has 0 bridgehead atoms. The Morgan fingerprint density at radius 1 is 1.19 bits per heavy atom. The van der Waals surface area contributed by atoms with Crippen molar-refractivity contribution in [2.45, 2.75) is 13.0 Å². The highest BCUT2D eigenvalue weighted by molar-refractivity contribution is 7.22. The molecule has 1 heterocycles. The number of methoxy groups -OCH3 is 1. The fraction of sp³-hybridized carbons (Fsp3) is 0.167. The molecule has 3 aromatic rings. The van der Waals surface area contributed by atoms with E-state index >= 15 is 0 Å². The second-order valence-electron chi connectivity index (χ2n) is 5.52. The van der Waals surface area contributed by atoms with Crippen LogP contribution in [-0.4, -0.2) is 30.1 Å². The number of nitrogens with one attached hydrogen (secondary N) is 1. The number of amides is 1. The van der Waals surface area contributed by atoms with Crippen molar-refractivity contribution in [1.29, 1.82) is 0 Å². The third kappa shape index (κ3) is 4.50. The van der Waals surface area contributed by atoms with Gasteiger partial charge >= 0.3 is 5.97 Å². The van der Waals surface area contributed by atoms with Crippen LogP contribution in [0.5, 0.6) is 5.75 Å². The Morgan fingerprint density at radius 3 is 2.67 bits per heavy atom. The molecule has 1 atom stereocenters. The highest BCUT2D eigenvalue weighted by atomic mass is 35.5. The summed E-state index contributed by atoms with van der Waals surface area (Å²) in [6, 6.07) is 9.74. The van der Waals surface area contributed by atoms with Gasteiger partial charge in [0, 0.05) is 5.02 Å². The van der Waals surface area contributed by atoms with E-state index in [2.05, 4.69) is 10.3 Å². The average Bonchev–Trinajstić information content (AvgIpc) is 3.04. The molecule has 0 saturated carbocycles. The molecule has 1 amide bonds. The molecule has 2 aromatic carbocycles. The molecule has 0 aliphatic rings. The number of rotatable bonds is 5. The highest BCUT2D eigenvalue weighted by Crippen LogP contribution is 2.29. The van der Waals surface area contributed by atoms with Gasteiger partial charge in [-0.1, -0.05) is 34.5 Å². The summed E-state index contributed by atoms with van der Waals surface area (Å²) in [5.41, 5.74) is 1.08. The number of fused-ring (bicyclic) bond motifs is 1. The molecule has 0 saturated heterocycles. The summed E-state index contributed by atoms with van der Waals surface area (Å²) in [5, 5.41) is 3.90. The van der Waals surface area contributed by atoms with Gasteiger partial charge in [-0.25, -0.2) is 9.78 Å². The van der Waals surface area contributed by atoms with Crippen LogP contribution in [0.25, 0.3) is 10.2 Å². The van der Waals surface area contributed by atoms with Gasteiger partial charge in [0.1, 0.15) is 5.75 Å². The van der Waals surface area contributed by atoms with E-state index in [4.69, 9.17) is 32.7 Å². The van der Waals surface area contributed by atoms with E-state index in [1.165, 1.54) is 24.5 Å². The molecule has 1 aromatic heterocycles. The Labute approximate surface area is 169 Å². The number of ether oxygens (including phenoxy) is 2. The summed E-state index contributed by atoms with van der Waals surface area (Å²) in [5.74, 6) is -0.457. The van der Waals surface area contributed by atoms with Crippen LogP contribution in [0.3, 0.4) is 0 Å². The maximum absolute atomic E-state index is 12.4. The fourth-order valence-corrected chi connectivity index (χ4v) is 3.61. The number of esters is 1. The number of hydrogen-bond acceptors (Lipinski definition) is 6. The van der Waals surface area contributed by atoms with Crippen molar-refractivity contribution in [3.8, 4) is 5.75 Å². The lowest BCUT2D eigenvalue weighted by Crippen LogP contribution is -2.30. The van der Waals surface area contributed by atoms with Crippen LogP contribution in [0.1, 0.15) is 17.3 Å². The van der Waals surface area contributed by atoms with Crippen LogP contribution in [0.4, 0.5) is 5.13 Å². The molecule has 0 aliphatic carbocycles. The smallest absolute Gasteiger partial charge is 0.337 e. The fourth-order valence-electron chi connectivity index (χ4n) is 2.24. The predicted molar refractivity (Wildman–Crippen MR) is 106 cm³/mol. The van der Waals surface area contributed by atoms with Crippen molar-refractivity contribution in [1.82, 2.24) is 4.98 Å². The van der Waals surface area contributed by atoms with Gasteiger partial charge < -0.3 is 9.47 Å². The van der Waals surface area contributed by atoms with Crippen LogP contribution < -0.4 is 10.1 Å². The molecule has 27 heavy (non-hydrogen) atoms. The standard InChI is InChI=1S/C18H14Cl2N2O4S/c1-9(26-14-6-4-11(19)8-12(14)20)16(23)22-18-21-13-5-3-10(17(24)25-2)7-15(13)27-18/h3-9H,1-2H3,(H,21,22,23). The van der Waals surface area contributed by atoms with Crippen molar-refractivity contribution >= 4 is 61.8 Å². The molecular weight excluding hydrogens is 411 g/mol. The molecule has 1 unspecified atom stereocenters. The van der Waals surface area contributed by atoms with Crippen molar-refractivity contribution in [3.05, 3.63) is 52.0 Å². The lowest BCUT2D eigenvalue weighted by Gasteiger charge is -2.14. The quantitative estimate of drug-likeness (QED) is 0.595. The normalized spacial score (nSPS) is 11.9. The van der Waals surface area contributed by atoms with Gasteiger partial charge in [-0.15, -0.1) is 0 Å². The molecule has 0 fully saturated rings. The lowest BCUT2D eigenvalue weighted by molar-refractivity contribution is -0.122. The molecule has 6 nitrogen and oxygen atoms in total. The summed E-state index contributed by atoms with van der Waals surface area (Å²) in [7, 11) is 1.32. The van der Waals surface area contributed by atoms with Gasteiger partial charge in [0.25, 0.3) is 5.91 Å². The monoisotopic (exact) mass is 424 g/mol. The number of carbonyl (C=O) groups excluding carboxylic acids is 2. The van der Waals surface area contributed by atoms with Gasteiger partial charge in [-0.2, -0.15) is 0 Å². The number of carbonyl (C=O) groups is 2. The van der Waals surface area contributed by atoms with Crippen LogP contribution in [0.2, 0.25) is 10.0 Å². The first-order valence-electron chi connectivity index (χ1n) is 7.79. The minimum atomic E-state index is -0.804. The summed E-state index contributed by atoms with van der Waals surface area (Å²) in [6.45, 7) is 1.60. The Morgan fingerprint density at radius 2 is 1.96 bits per heavy atom. The first-order chi connectivity index (χ1) is 12.9. The minimum absolute atomic E-state index is 0.317. The zero-order valence-electron chi connectivity index (χ0n) is 14.3. The first kappa shape index (κ1) is 19.4. The number of benzene rings is 2. The molecule has 1 N–H and O–H groups in total. The van der Waals surface area contributed by atoms with E-state index < -0.39 is 12.1 Å². The summed E-state index contributed by atoms with van der Waals surface area (Å²) in [6.07, 6.45) is -0.804. The van der Waals surface area contributed by atoms with Crippen molar-refractivity contribution in [2.75, 3.05) is 12.4 Å². The predicted octanol–water partition coefficient (Wildman–Crippen LogP) is 4.80. The van der Waals surface area contributed by atoms with E-state index in [0.717, 1.165) is 4.70 Å². The molecule has 140 valence electrons. The zero-order chi connectivity index (χ0) is 19.6. The Bertz CT molecular complexity index is 1020. The third-order valence-corrected chi connectivity index (χ3v) is 5.07. The number of aromatic nitrogens is 1. The topological polar surface area (TPSA) is 77.5 Å². The number of anilines is 1. The maximum Gasteiger partial charge on any atom is 0.337 e. The van der Waals surface area contributed by atoms with Gasteiger partial charge in [-0.05, 0) is 43.3 Å². The van der Waals surface area contributed by atoms with Crippen LogP contribution in [-0.2, 0) is 9.53 Å². The molecule has 0 spiro atoms. The number of halogens is 2. The maximum atomic E-state index is 12.4. The molecule has 0 radical (unpaired) electrons. The lowest BCUT2D eigenvalue weighted by atomic mass is 10.2. The Kier molecular flexibility index (Phi) is 5.84. The van der Waals surface area contributed by atoms with E-state index in [-0.39, 0.29) is 5.91 Å². The highest BCUT2D eigenvalue weighted by Gasteiger charge is 2.18. The summed E-state index contributed by atoms with van der Waals surface area (Å²) >= 11 is 13.1. The van der Waals surface area contributed by atoms with E-state index in [0.29, 0.717) is 32.0 Å². The molecule has 3 rings (SSSR count). The van der Waals surface area contributed by atoms with Crippen LogP contribution in [0.15, 0.2) is 36.4 Å². The summed E-state index contributed by atoms with van der Waals surface area (Å²) in [4.78, 5) is 28.3. The average molecular weight is 425 g/mol. The third-order valence-electron chi connectivity index (χ3n) is 3.61. The van der Waals surface area contributed by atoms with Crippen molar-refractivity contribution in [2.24, 2.45) is 0 Å². The van der Waals surface area contributed by atoms with Crippen molar-refractivity contribution in [3.63, 3.8) is 0 Å². The van der Waals surface area contributed by atoms with Gasteiger partial charge in [-0.3, -0.25) is 10.1 Å². The SMILES string of the molecule is COC(=O)c1ccc2nc(NC(=O)C(C)Oc3ccc(Cl)cc3Cl)sc2c1. The number of thiazole rings is 1. The number of nitrogens with zero attached hydrogens (tertiary/aromatic N) is 1. The molecule has 0 aliphatic heterocycles. The van der Waals surface area contributed by atoms with Crippen LogP contribution >= 0.6 is 34.5 Å². The minimum Gasteiger partial charge on any atom is -0.479 e. The Hall–Kier alpha value is -2.35. The summed E-state index contributed by atoms with van der Waals surface area (Å²) < 4.78 is 11.0. The van der Waals surface area contributed by atoms with Gasteiger partial charge in [0.05, 0.1) is 27.9 Å². The Balaban J connectivity index is 1.72. The largest absolute Gasteiger partial charge is 0.479 e. The molecular formula is C18H14Cl2N2O4S. The molecule has 9 heteroatoms. The second kappa shape index (κ2) is 8.12.